The highest BCUT2D eigenvalue weighted by Gasteiger charge is 2.56. The highest BCUT2D eigenvalue weighted by atomic mass is 32.2. The van der Waals surface area contributed by atoms with Crippen LogP contribution in [0.15, 0.2) is 107 Å². The molecule has 4 atom stereocenters. The van der Waals surface area contributed by atoms with Crippen LogP contribution in [0.2, 0.25) is 0 Å². The van der Waals surface area contributed by atoms with E-state index in [2.05, 4.69) is 10.2 Å². The van der Waals surface area contributed by atoms with Crippen molar-refractivity contribution in [3.05, 3.63) is 142 Å². The summed E-state index contributed by atoms with van der Waals surface area (Å²) < 4.78 is 79.5. The standard InChI is InChI=1S/2C22H22F3N3OS/c2*1-14(29)28-21(17(11-12-26)10-9-15-5-2-3-8-19(15)21)30-20(27-28)16-6-4-7-18(13-16)22(23,24)25/h2*2-8,13,17H,9-12,26H2,1H3/t17-,21+;17-,21-/m01/s1. The Bertz CT molecular complexity index is 2180. The largest absolute Gasteiger partial charge is 0.416 e. The summed E-state index contributed by atoms with van der Waals surface area (Å²) in [5.74, 6) is -0.414. The van der Waals surface area contributed by atoms with Crippen LogP contribution in [0, 0.1) is 11.8 Å². The maximum absolute atomic E-state index is 13.2. The molecule has 2 aliphatic carbocycles. The summed E-state index contributed by atoms with van der Waals surface area (Å²) in [6, 6.07) is 26.0. The number of rotatable bonds is 6. The molecule has 4 aliphatic rings. The molecule has 316 valence electrons. The van der Waals surface area contributed by atoms with Gasteiger partial charge in [0.25, 0.3) is 0 Å². The first-order valence-corrected chi connectivity index (χ1v) is 21.3. The van der Waals surface area contributed by atoms with E-state index in [1.807, 2.05) is 48.5 Å². The smallest absolute Gasteiger partial charge is 0.330 e. The van der Waals surface area contributed by atoms with Gasteiger partial charge in [-0.25, -0.2) is 10.0 Å². The van der Waals surface area contributed by atoms with Crippen molar-refractivity contribution < 1.29 is 35.9 Å². The molecule has 0 aromatic heterocycles. The second kappa shape index (κ2) is 17.0. The molecule has 8 nitrogen and oxygen atoms in total. The molecule has 8 rings (SSSR count). The van der Waals surface area contributed by atoms with Crippen LogP contribution in [0.3, 0.4) is 0 Å². The Morgan fingerprint density at radius 2 is 1.02 bits per heavy atom. The minimum atomic E-state index is -4.45. The number of benzene rings is 4. The number of carbonyl (C=O) groups is 2. The second-order valence-electron chi connectivity index (χ2n) is 15.2. The van der Waals surface area contributed by atoms with Gasteiger partial charge in [-0.15, -0.1) is 0 Å². The predicted octanol–water partition coefficient (Wildman–Crippen LogP) is 9.45. The van der Waals surface area contributed by atoms with E-state index in [-0.39, 0.29) is 23.7 Å². The third kappa shape index (κ3) is 7.98. The lowest BCUT2D eigenvalue weighted by Gasteiger charge is -2.45. The quantitative estimate of drug-likeness (QED) is 0.187. The van der Waals surface area contributed by atoms with Crippen LogP contribution in [0.25, 0.3) is 0 Å². The number of fused-ring (bicyclic) bond motifs is 4. The fourth-order valence-electron chi connectivity index (χ4n) is 8.85. The lowest BCUT2D eigenvalue weighted by atomic mass is 9.77. The third-order valence-electron chi connectivity index (χ3n) is 11.5. The van der Waals surface area contributed by atoms with E-state index >= 15 is 0 Å². The first-order valence-electron chi connectivity index (χ1n) is 19.6. The van der Waals surface area contributed by atoms with Crippen molar-refractivity contribution in [2.45, 2.75) is 74.5 Å². The summed E-state index contributed by atoms with van der Waals surface area (Å²) in [6.07, 6.45) is -4.12. The van der Waals surface area contributed by atoms with Gasteiger partial charge in [-0.3, -0.25) is 9.59 Å². The number of hydrogen-bond donors (Lipinski definition) is 2. The van der Waals surface area contributed by atoms with Crippen molar-refractivity contribution in [1.29, 1.82) is 0 Å². The minimum absolute atomic E-state index is 0.0401. The van der Waals surface area contributed by atoms with Crippen molar-refractivity contribution in [3.63, 3.8) is 0 Å². The van der Waals surface area contributed by atoms with Gasteiger partial charge in [-0.05, 0) is 110 Å². The van der Waals surface area contributed by atoms with Crippen LogP contribution in [-0.2, 0) is 44.5 Å². The number of carbonyl (C=O) groups excluding carboxylic acids is 2. The summed E-state index contributed by atoms with van der Waals surface area (Å²) in [5, 5.41) is 12.8. The zero-order valence-electron chi connectivity index (χ0n) is 32.9. The molecule has 0 bridgehead atoms. The van der Waals surface area contributed by atoms with Gasteiger partial charge < -0.3 is 11.5 Å². The van der Waals surface area contributed by atoms with E-state index in [4.69, 9.17) is 11.5 Å². The van der Waals surface area contributed by atoms with Crippen molar-refractivity contribution in [3.8, 4) is 0 Å². The number of amides is 2. The molecule has 0 saturated heterocycles. The van der Waals surface area contributed by atoms with Crippen LogP contribution in [-0.4, -0.2) is 45.0 Å². The van der Waals surface area contributed by atoms with Gasteiger partial charge in [-0.2, -0.15) is 36.5 Å². The maximum Gasteiger partial charge on any atom is 0.416 e. The lowest BCUT2D eigenvalue weighted by Crippen LogP contribution is -2.49. The summed E-state index contributed by atoms with van der Waals surface area (Å²) in [7, 11) is 0. The number of nitrogens with two attached hydrogens (primary N) is 2. The number of halogens is 6. The topological polar surface area (TPSA) is 117 Å². The van der Waals surface area contributed by atoms with Crippen molar-refractivity contribution in [2.75, 3.05) is 13.1 Å². The fourth-order valence-corrected chi connectivity index (χ4v) is 12.1. The van der Waals surface area contributed by atoms with E-state index in [0.717, 1.165) is 72.2 Å². The Balaban J connectivity index is 0.000000181. The van der Waals surface area contributed by atoms with Crippen LogP contribution < -0.4 is 11.5 Å². The van der Waals surface area contributed by atoms with Gasteiger partial charge >= 0.3 is 12.4 Å². The van der Waals surface area contributed by atoms with Gasteiger partial charge in [0.15, 0.2) is 0 Å². The van der Waals surface area contributed by atoms with Gasteiger partial charge in [0.2, 0.25) is 11.8 Å². The normalized spacial score (nSPS) is 23.4. The van der Waals surface area contributed by atoms with E-state index < -0.39 is 33.2 Å². The molecule has 2 spiro atoms. The monoisotopic (exact) mass is 866 g/mol. The van der Waals surface area contributed by atoms with E-state index in [9.17, 15) is 35.9 Å². The lowest BCUT2D eigenvalue weighted by molar-refractivity contribution is -0.138. The van der Waals surface area contributed by atoms with Gasteiger partial charge in [-0.1, -0.05) is 96.3 Å². The van der Waals surface area contributed by atoms with Crippen molar-refractivity contribution >= 4 is 45.4 Å². The van der Waals surface area contributed by atoms with Gasteiger partial charge in [0.05, 0.1) is 11.1 Å². The highest BCUT2D eigenvalue weighted by Crippen LogP contribution is 2.59. The van der Waals surface area contributed by atoms with E-state index in [1.54, 1.807) is 12.1 Å². The first-order chi connectivity index (χ1) is 28.5. The molecular weight excluding hydrogens is 823 g/mol. The number of nitrogens with zero attached hydrogens (tertiary/aromatic N) is 4. The molecule has 4 aromatic rings. The molecule has 2 aliphatic heterocycles. The average molecular weight is 867 g/mol. The Morgan fingerprint density at radius 3 is 1.37 bits per heavy atom. The molecule has 4 N–H and O–H groups in total. The molecule has 2 heterocycles. The Morgan fingerprint density at radius 1 is 0.633 bits per heavy atom. The average Bonchev–Trinajstić information content (AvgIpc) is 3.82. The molecule has 0 fully saturated rings. The number of hydrogen-bond acceptors (Lipinski definition) is 8. The summed E-state index contributed by atoms with van der Waals surface area (Å²) in [6.45, 7) is 3.80. The SMILES string of the molecule is CC(=O)N1N=C(c2cccc(C(F)(F)F)c2)S[C@]12c1ccccc1CC[C@@H]2CCN.CC(=O)N1N=C(c2cccc(C(F)(F)F)c2)S[C@]12c1ccccc1CC[C@H]2CCN. The summed E-state index contributed by atoms with van der Waals surface area (Å²) >= 11 is 2.73. The molecule has 60 heavy (non-hydrogen) atoms. The van der Waals surface area contributed by atoms with Crippen LogP contribution in [0.1, 0.15) is 84.0 Å². The predicted molar refractivity (Wildman–Crippen MR) is 223 cm³/mol. The van der Waals surface area contributed by atoms with E-state index in [1.165, 1.54) is 59.5 Å². The van der Waals surface area contributed by atoms with Gasteiger partial charge in [0.1, 0.15) is 19.8 Å². The Kier molecular flexibility index (Phi) is 12.3. The van der Waals surface area contributed by atoms with Crippen LogP contribution in [0.4, 0.5) is 26.3 Å². The number of alkyl halides is 6. The number of aryl methyl sites for hydroxylation is 2. The highest BCUT2D eigenvalue weighted by molar-refractivity contribution is 8.15. The molecule has 2 amide bonds. The van der Waals surface area contributed by atoms with Crippen LogP contribution in [0.5, 0.6) is 0 Å². The first kappa shape index (κ1) is 43.4. The van der Waals surface area contributed by atoms with Crippen LogP contribution >= 0.6 is 23.5 Å². The Hall–Kier alpha value is -4.64. The number of thioether (sulfide) groups is 2. The number of hydrazone groups is 2. The zero-order chi connectivity index (χ0) is 43.0. The zero-order valence-corrected chi connectivity index (χ0v) is 34.5. The van der Waals surface area contributed by atoms with Gasteiger partial charge in [0, 0.05) is 25.0 Å². The molecule has 0 saturated carbocycles. The van der Waals surface area contributed by atoms with Crippen molar-refractivity contribution in [2.24, 2.45) is 33.5 Å². The summed E-state index contributed by atoms with van der Waals surface area (Å²) in [5.41, 5.74) is 15.3. The minimum Gasteiger partial charge on any atom is -0.330 e. The molecule has 16 heteroatoms. The summed E-state index contributed by atoms with van der Waals surface area (Å²) in [4.78, 5) is 23.7. The molecular formula is C44H44F6N6O2S2. The molecule has 0 unspecified atom stereocenters. The molecule has 4 aromatic carbocycles. The third-order valence-corrected chi connectivity index (χ3v) is 14.5. The van der Waals surface area contributed by atoms with E-state index in [0.29, 0.717) is 47.1 Å². The fraction of sp³-hybridized carbons (Fsp3) is 0.364. The second-order valence-corrected chi connectivity index (χ2v) is 17.6. The molecule has 0 radical (unpaired) electrons. The van der Waals surface area contributed by atoms with Crippen molar-refractivity contribution in [1.82, 2.24) is 10.0 Å². The Labute approximate surface area is 352 Å². The maximum atomic E-state index is 13.2.